The third-order valence-corrected chi connectivity index (χ3v) is 6.17. The van der Waals surface area contributed by atoms with Crippen molar-refractivity contribution >= 4 is 0 Å². The Morgan fingerprint density at radius 1 is 1.00 bits per heavy atom. The predicted octanol–water partition coefficient (Wildman–Crippen LogP) is 0.845. The van der Waals surface area contributed by atoms with E-state index in [2.05, 4.69) is 0 Å². The van der Waals surface area contributed by atoms with E-state index in [0.29, 0.717) is 5.54 Å². The van der Waals surface area contributed by atoms with Gasteiger partial charge in [-0.05, 0) is 54.3 Å². The van der Waals surface area contributed by atoms with Crippen LogP contribution in [0.1, 0.15) is 12.8 Å². The highest BCUT2D eigenvalue weighted by Gasteiger charge is 2.89. The van der Waals surface area contributed by atoms with E-state index in [0.717, 1.165) is 35.5 Å². The van der Waals surface area contributed by atoms with E-state index < -0.39 is 0 Å². The predicted molar refractivity (Wildman–Crippen MR) is 40.6 cm³/mol. The van der Waals surface area contributed by atoms with Crippen molar-refractivity contribution in [3.8, 4) is 0 Å². The van der Waals surface area contributed by atoms with E-state index in [-0.39, 0.29) is 0 Å². The van der Waals surface area contributed by atoms with Crippen LogP contribution >= 0.6 is 0 Å². The quantitative estimate of drug-likeness (QED) is 0.540. The molecule has 0 aromatic rings. The van der Waals surface area contributed by atoms with Crippen molar-refractivity contribution in [3.05, 3.63) is 0 Å². The van der Waals surface area contributed by atoms with E-state index in [1.54, 1.807) is 6.42 Å². The van der Waals surface area contributed by atoms with Crippen molar-refractivity contribution < 1.29 is 0 Å². The van der Waals surface area contributed by atoms with Crippen molar-refractivity contribution in [3.63, 3.8) is 0 Å². The maximum atomic E-state index is 6.44. The lowest BCUT2D eigenvalue weighted by atomic mass is 9.36. The molecule has 0 saturated heterocycles. The van der Waals surface area contributed by atoms with Gasteiger partial charge in [0.1, 0.15) is 0 Å². The molecule has 0 aliphatic heterocycles. The minimum Gasteiger partial charge on any atom is -0.324 e. The number of hydrogen-bond donors (Lipinski definition) is 1. The molecular weight excluding hydrogens is 134 g/mol. The lowest BCUT2D eigenvalue weighted by Crippen LogP contribution is -2.79. The molecule has 4 bridgehead atoms. The molecule has 2 N–H and O–H groups in total. The Balaban J connectivity index is 1.92. The molecule has 0 aromatic carbocycles. The van der Waals surface area contributed by atoms with E-state index in [4.69, 9.17) is 5.73 Å². The third kappa shape index (κ3) is 0.217. The van der Waals surface area contributed by atoms with Crippen LogP contribution in [-0.2, 0) is 0 Å². The zero-order valence-electron chi connectivity index (χ0n) is 6.53. The lowest BCUT2D eigenvalue weighted by molar-refractivity contribution is -0.191. The maximum absolute atomic E-state index is 6.44. The molecule has 6 aliphatic carbocycles. The number of rotatable bonds is 0. The zero-order valence-corrected chi connectivity index (χ0v) is 6.53. The Morgan fingerprint density at radius 2 is 1.91 bits per heavy atom. The van der Waals surface area contributed by atoms with E-state index >= 15 is 0 Å². The minimum atomic E-state index is 0.424. The van der Waals surface area contributed by atoms with Crippen LogP contribution < -0.4 is 5.73 Å². The van der Waals surface area contributed by atoms with Gasteiger partial charge in [0.25, 0.3) is 0 Å². The lowest BCUT2D eigenvalue weighted by Gasteiger charge is -2.71. The minimum absolute atomic E-state index is 0.424. The van der Waals surface area contributed by atoms with Crippen molar-refractivity contribution in [1.29, 1.82) is 0 Å². The Labute approximate surface area is 66.3 Å². The fraction of sp³-hybridized carbons (Fsp3) is 1.00. The molecule has 0 amide bonds. The molecule has 0 heterocycles. The van der Waals surface area contributed by atoms with Gasteiger partial charge in [-0.25, -0.2) is 0 Å². The summed E-state index contributed by atoms with van der Waals surface area (Å²) in [6.07, 6.45) is 3.11. The van der Waals surface area contributed by atoms with Crippen LogP contribution in [-0.4, -0.2) is 5.54 Å². The Morgan fingerprint density at radius 3 is 2.64 bits per heavy atom. The zero-order chi connectivity index (χ0) is 6.96. The Hall–Kier alpha value is -0.0400. The summed E-state index contributed by atoms with van der Waals surface area (Å²) < 4.78 is 0. The molecule has 1 nitrogen and oxygen atoms in total. The summed E-state index contributed by atoms with van der Waals surface area (Å²) in [7, 11) is 0. The molecule has 58 valence electrons. The van der Waals surface area contributed by atoms with Crippen molar-refractivity contribution in [2.45, 2.75) is 18.4 Å². The molecule has 0 aromatic heterocycles. The fourth-order valence-corrected chi connectivity index (χ4v) is 6.37. The van der Waals surface area contributed by atoms with Gasteiger partial charge >= 0.3 is 0 Å². The standard InChI is InChI=1S/C10H13N/c11-10-6-2-4-3-1-5(8(4)10)9(10)7(3)6/h3-9H,1-2,11H2. The molecule has 6 fully saturated rings. The summed E-state index contributed by atoms with van der Waals surface area (Å²) in [6, 6.07) is 0. The summed E-state index contributed by atoms with van der Waals surface area (Å²) in [5.41, 5.74) is 6.86. The third-order valence-electron chi connectivity index (χ3n) is 6.17. The first-order valence-corrected chi connectivity index (χ1v) is 5.12. The summed E-state index contributed by atoms with van der Waals surface area (Å²) in [6.45, 7) is 0. The molecule has 6 aliphatic rings. The Kier molecular flexibility index (Phi) is 0.421. The highest BCUT2D eigenvalue weighted by atomic mass is 15.1. The van der Waals surface area contributed by atoms with Crippen LogP contribution in [0.5, 0.6) is 0 Å². The summed E-state index contributed by atoms with van der Waals surface area (Å²) >= 11 is 0. The van der Waals surface area contributed by atoms with E-state index in [9.17, 15) is 0 Å². The van der Waals surface area contributed by atoms with Crippen molar-refractivity contribution in [2.75, 3.05) is 0 Å². The van der Waals surface area contributed by atoms with Crippen LogP contribution in [0.2, 0.25) is 0 Å². The molecule has 1 heteroatoms. The van der Waals surface area contributed by atoms with Crippen LogP contribution in [0.4, 0.5) is 0 Å². The first-order chi connectivity index (χ1) is 5.33. The second-order valence-corrected chi connectivity index (χ2v) is 5.70. The second-order valence-electron chi connectivity index (χ2n) is 5.70. The molecule has 0 spiro atoms. The average molecular weight is 147 g/mol. The second kappa shape index (κ2) is 0.953. The molecule has 11 heavy (non-hydrogen) atoms. The van der Waals surface area contributed by atoms with Crippen LogP contribution in [0.3, 0.4) is 0 Å². The van der Waals surface area contributed by atoms with E-state index in [1.165, 1.54) is 12.3 Å². The molecular formula is C10H13N. The fourth-order valence-electron chi connectivity index (χ4n) is 6.37. The SMILES string of the molecule is NC12C3CC4C5CC(C41)C2C53. The van der Waals surface area contributed by atoms with Gasteiger partial charge in [-0.3, -0.25) is 0 Å². The van der Waals surface area contributed by atoms with Gasteiger partial charge in [0.2, 0.25) is 0 Å². The number of nitrogens with two attached hydrogens (primary N) is 1. The average Bonchev–Trinajstić information content (AvgIpc) is 2.48. The topological polar surface area (TPSA) is 26.0 Å². The summed E-state index contributed by atoms with van der Waals surface area (Å²) in [5.74, 6) is 7.61. The van der Waals surface area contributed by atoms with Crippen LogP contribution in [0.25, 0.3) is 0 Å². The number of hydrogen-bond acceptors (Lipinski definition) is 1. The molecule has 6 rings (SSSR count). The van der Waals surface area contributed by atoms with Crippen LogP contribution in [0.15, 0.2) is 0 Å². The normalized spacial score (nSPS) is 90.8. The highest BCUT2D eigenvalue weighted by Crippen LogP contribution is 2.89. The largest absolute Gasteiger partial charge is 0.324 e. The van der Waals surface area contributed by atoms with Gasteiger partial charge in [0.05, 0.1) is 0 Å². The van der Waals surface area contributed by atoms with Gasteiger partial charge in [-0.15, -0.1) is 0 Å². The molecule has 0 radical (unpaired) electrons. The van der Waals surface area contributed by atoms with Gasteiger partial charge in [-0.1, -0.05) is 0 Å². The molecule has 8 unspecified atom stereocenters. The molecule has 8 atom stereocenters. The Bertz CT molecular complexity index is 277. The van der Waals surface area contributed by atoms with Crippen molar-refractivity contribution in [2.24, 2.45) is 47.2 Å². The summed E-state index contributed by atoms with van der Waals surface area (Å²) in [5, 5.41) is 0. The van der Waals surface area contributed by atoms with Gasteiger partial charge < -0.3 is 5.73 Å². The van der Waals surface area contributed by atoms with Gasteiger partial charge in [-0.2, -0.15) is 0 Å². The highest BCUT2D eigenvalue weighted by molar-refractivity contribution is 5.40. The van der Waals surface area contributed by atoms with Gasteiger partial charge in [0.15, 0.2) is 0 Å². The molecule has 6 saturated carbocycles. The first-order valence-electron chi connectivity index (χ1n) is 5.12. The van der Waals surface area contributed by atoms with Crippen molar-refractivity contribution in [1.82, 2.24) is 0 Å². The smallest absolute Gasteiger partial charge is 0.0254 e. The summed E-state index contributed by atoms with van der Waals surface area (Å²) in [4.78, 5) is 0. The van der Waals surface area contributed by atoms with E-state index in [1.807, 2.05) is 0 Å². The monoisotopic (exact) mass is 147 g/mol. The first kappa shape index (κ1) is 4.86. The van der Waals surface area contributed by atoms with Crippen LogP contribution in [0, 0.1) is 41.4 Å². The maximum Gasteiger partial charge on any atom is 0.0254 e. The van der Waals surface area contributed by atoms with Gasteiger partial charge in [0, 0.05) is 5.54 Å².